The maximum atomic E-state index is 11.0. The van der Waals surface area contributed by atoms with Crippen molar-refractivity contribution in [1.29, 1.82) is 0 Å². The van der Waals surface area contributed by atoms with E-state index in [1.165, 1.54) is 0 Å². The number of carbonyl (C=O) groups excluding carboxylic acids is 1. The van der Waals surface area contributed by atoms with Crippen LogP contribution in [-0.4, -0.2) is 45.0 Å². The minimum atomic E-state index is 0.548. The predicted molar refractivity (Wildman–Crippen MR) is 74.1 cm³/mol. The normalized spacial score (nSPS) is 17.2. The fourth-order valence-corrected chi connectivity index (χ4v) is 2.37. The Bertz CT molecular complexity index is 425. The molecule has 0 aliphatic carbocycles. The quantitative estimate of drug-likeness (QED) is 0.764. The molecule has 1 aliphatic rings. The molecule has 0 amide bonds. The monoisotopic (exact) mass is 263 g/mol. The number of rotatable bonds is 5. The summed E-state index contributed by atoms with van der Waals surface area (Å²) in [5.41, 5.74) is 0.548. The molecular formula is C15H21NO3. The van der Waals surface area contributed by atoms with E-state index in [1.807, 2.05) is 6.07 Å². The highest BCUT2D eigenvalue weighted by molar-refractivity contribution is 5.81. The van der Waals surface area contributed by atoms with Gasteiger partial charge in [-0.1, -0.05) is 6.07 Å². The number of likely N-dealkylation sites (tertiary alicyclic amines) is 1. The third-order valence-corrected chi connectivity index (χ3v) is 3.66. The van der Waals surface area contributed by atoms with Gasteiger partial charge in [0.2, 0.25) is 0 Å². The van der Waals surface area contributed by atoms with Crippen LogP contribution in [0.15, 0.2) is 18.2 Å². The first-order valence-electron chi connectivity index (χ1n) is 6.68. The lowest BCUT2D eigenvalue weighted by Gasteiger charge is -2.29. The second-order valence-corrected chi connectivity index (χ2v) is 5.05. The van der Waals surface area contributed by atoms with Crippen molar-refractivity contribution in [2.24, 2.45) is 5.92 Å². The van der Waals surface area contributed by atoms with E-state index in [9.17, 15) is 4.79 Å². The van der Waals surface area contributed by atoms with Crippen molar-refractivity contribution in [3.05, 3.63) is 23.8 Å². The molecule has 0 radical (unpaired) electrons. The molecule has 104 valence electrons. The minimum Gasteiger partial charge on any atom is -0.493 e. The van der Waals surface area contributed by atoms with Gasteiger partial charge in [0, 0.05) is 0 Å². The summed E-state index contributed by atoms with van der Waals surface area (Å²) >= 11 is 0. The minimum absolute atomic E-state index is 0.548. The summed E-state index contributed by atoms with van der Waals surface area (Å²) in [6.45, 7) is 2.87. The van der Waals surface area contributed by atoms with Crippen LogP contribution in [0.5, 0.6) is 11.5 Å². The van der Waals surface area contributed by atoms with Gasteiger partial charge in [-0.3, -0.25) is 4.79 Å². The third kappa shape index (κ3) is 3.47. The maximum absolute atomic E-state index is 11.0. The topological polar surface area (TPSA) is 38.8 Å². The molecule has 0 saturated carbocycles. The standard InChI is InChI=1S/C15H21NO3/c1-16-8-6-12(7-9-16)11-19-15-13(10-17)4-3-5-14(15)18-2/h3-5,10,12H,6-9,11H2,1-2H3. The van der Waals surface area contributed by atoms with E-state index in [0.29, 0.717) is 29.6 Å². The molecule has 1 fully saturated rings. The Morgan fingerprint density at radius 3 is 2.74 bits per heavy atom. The van der Waals surface area contributed by atoms with Crippen LogP contribution < -0.4 is 9.47 Å². The second kappa shape index (κ2) is 6.57. The zero-order valence-corrected chi connectivity index (χ0v) is 11.6. The van der Waals surface area contributed by atoms with Gasteiger partial charge in [0.15, 0.2) is 17.8 Å². The zero-order valence-electron chi connectivity index (χ0n) is 11.6. The van der Waals surface area contributed by atoms with Crippen LogP contribution in [0.25, 0.3) is 0 Å². The van der Waals surface area contributed by atoms with E-state index in [4.69, 9.17) is 9.47 Å². The largest absolute Gasteiger partial charge is 0.493 e. The van der Waals surface area contributed by atoms with Gasteiger partial charge < -0.3 is 14.4 Å². The van der Waals surface area contributed by atoms with Crippen LogP contribution in [0.2, 0.25) is 0 Å². The lowest BCUT2D eigenvalue weighted by molar-refractivity contribution is 0.111. The molecule has 0 spiro atoms. The van der Waals surface area contributed by atoms with Crippen LogP contribution in [-0.2, 0) is 0 Å². The summed E-state index contributed by atoms with van der Waals surface area (Å²) in [5, 5.41) is 0. The Hall–Kier alpha value is -1.55. The Labute approximate surface area is 114 Å². The second-order valence-electron chi connectivity index (χ2n) is 5.05. The van der Waals surface area contributed by atoms with Crippen molar-refractivity contribution >= 4 is 6.29 Å². The van der Waals surface area contributed by atoms with Crippen molar-refractivity contribution < 1.29 is 14.3 Å². The number of piperidine rings is 1. The van der Waals surface area contributed by atoms with Crippen LogP contribution in [0.1, 0.15) is 23.2 Å². The number of hydrogen-bond acceptors (Lipinski definition) is 4. The fraction of sp³-hybridized carbons (Fsp3) is 0.533. The van der Waals surface area contributed by atoms with Gasteiger partial charge in [-0.15, -0.1) is 0 Å². The van der Waals surface area contributed by atoms with Crippen molar-refractivity contribution in [3.63, 3.8) is 0 Å². The highest BCUT2D eigenvalue weighted by Crippen LogP contribution is 2.31. The fourth-order valence-electron chi connectivity index (χ4n) is 2.37. The van der Waals surface area contributed by atoms with Crippen molar-refractivity contribution in [2.75, 3.05) is 33.9 Å². The number of aldehydes is 1. The molecule has 0 bridgehead atoms. The average molecular weight is 263 g/mol. The number of para-hydroxylation sites is 1. The molecular weight excluding hydrogens is 242 g/mol. The van der Waals surface area contributed by atoms with Gasteiger partial charge in [-0.2, -0.15) is 0 Å². The van der Waals surface area contributed by atoms with E-state index in [0.717, 1.165) is 32.2 Å². The first-order chi connectivity index (χ1) is 9.24. The molecule has 4 nitrogen and oxygen atoms in total. The van der Waals surface area contributed by atoms with Crippen LogP contribution in [0.4, 0.5) is 0 Å². The number of benzene rings is 1. The molecule has 0 atom stereocenters. The van der Waals surface area contributed by atoms with Crippen LogP contribution in [0, 0.1) is 5.92 Å². The van der Waals surface area contributed by atoms with Gasteiger partial charge in [0.05, 0.1) is 19.3 Å². The molecule has 1 aliphatic heterocycles. The van der Waals surface area contributed by atoms with E-state index in [-0.39, 0.29) is 0 Å². The smallest absolute Gasteiger partial charge is 0.171 e. The molecule has 0 aromatic heterocycles. The summed E-state index contributed by atoms with van der Waals surface area (Å²) in [6.07, 6.45) is 3.09. The molecule has 1 saturated heterocycles. The molecule has 1 aromatic carbocycles. The lowest BCUT2D eigenvalue weighted by atomic mass is 9.98. The number of hydrogen-bond donors (Lipinski definition) is 0. The van der Waals surface area contributed by atoms with Crippen molar-refractivity contribution in [2.45, 2.75) is 12.8 Å². The van der Waals surface area contributed by atoms with E-state index in [1.54, 1.807) is 19.2 Å². The molecule has 1 aromatic rings. The number of nitrogens with zero attached hydrogens (tertiary/aromatic N) is 1. The van der Waals surface area contributed by atoms with Gasteiger partial charge in [0.25, 0.3) is 0 Å². The molecule has 19 heavy (non-hydrogen) atoms. The number of ether oxygens (including phenoxy) is 2. The Morgan fingerprint density at radius 2 is 2.11 bits per heavy atom. The first kappa shape index (κ1) is 13.9. The molecule has 0 unspecified atom stereocenters. The van der Waals surface area contributed by atoms with E-state index < -0.39 is 0 Å². The summed E-state index contributed by atoms with van der Waals surface area (Å²) in [6, 6.07) is 5.36. The highest BCUT2D eigenvalue weighted by Gasteiger charge is 2.18. The highest BCUT2D eigenvalue weighted by atomic mass is 16.5. The van der Waals surface area contributed by atoms with Gasteiger partial charge in [-0.05, 0) is 51.0 Å². The number of carbonyl (C=O) groups is 1. The van der Waals surface area contributed by atoms with E-state index >= 15 is 0 Å². The molecule has 2 rings (SSSR count). The lowest BCUT2D eigenvalue weighted by Crippen LogP contribution is -2.32. The summed E-state index contributed by atoms with van der Waals surface area (Å²) in [4.78, 5) is 13.4. The third-order valence-electron chi connectivity index (χ3n) is 3.66. The Morgan fingerprint density at radius 1 is 1.37 bits per heavy atom. The zero-order chi connectivity index (χ0) is 13.7. The average Bonchev–Trinajstić information content (AvgIpc) is 2.46. The van der Waals surface area contributed by atoms with Gasteiger partial charge in [0.1, 0.15) is 0 Å². The van der Waals surface area contributed by atoms with Gasteiger partial charge >= 0.3 is 0 Å². The Kier molecular flexibility index (Phi) is 4.80. The summed E-state index contributed by atoms with van der Waals surface area (Å²) in [5.74, 6) is 1.75. The SMILES string of the molecule is COc1cccc(C=O)c1OCC1CCN(C)CC1. The summed E-state index contributed by atoms with van der Waals surface area (Å²) < 4.78 is 11.1. The van der Waals surface area contributed by atoms with E-state index in [2.05, 4.69) is 11.9 Å². The maximum Gasteiger partial charge on any atom is 0.171 e. The first-order valence-corrected chi connectivity index (χ1v) is 6.68. The molecule has 0 N–H and O–H groups in total. The van der Waals surface area contributed by atoms with Crippen molar-refractivity contribution in [3.8, 4) is 11.5 Å². The molecule has 1 heterocycles. The number of methoxy groups -OCH3 is 1. The van der Waals surface area contributed by atoms with Crippen molar-refractivity contribution in [1.82, 2.24) is 4.90 Å². The van der Waals surface area contributed by atoms with Crippen LogP contribution in [0.3, 0.4) is 0 Å². The Balaban J connectivity index is 2.00. The molecule has 4 heteroatoms. The van der Waals surface area contributed by atoms with Gasteiger partial charge in [-0.25, -0.2) is 0 Å². The summed E-state index contributed by atoms with van der Waals surface area (Å²) in [7, 11) is 3.73. The van der Waals surface area contributed by atoms with Crippen LogP contribution >= 0.6 is 0 Å². The predicted octanol–water partition coefficient (Wildman–Crippen LogP) is 2.23.